The molecule has 3 rings (SSSR count). The second-order valence-electron chi connectivity index (χ2n) is 6.84. The maximum atomic E-state index is 12.9. The minimum atomic E-state index is 0.130. The second kappa shape index (κ2) is 6.65. The van der Waals surface area contributed by atoms with E-state index in [1.54, 1.807) is 0 Å². The maximum Gasteiger partial charge on any atom is 0.265 e. The van der Waals surface area contributed by atoms with E-state index in [2.05, 4.69) is 51.0 Å². The normalized spacial score (nSPS) is 17.8. The van der Waals surface area contributed by atoms with E-state index in [-0.39, 0.29) is 5.91 Å². The number of rotatable bonds is 3. The van der Waals surface area contributed by atoms with Crippen LogP contribution < -0.4 is 0 Å². The van der Waals surface area contributed by atoms with Gasteiger partial charge in [0, 0.05) is 24.7 Å². The van der Waals surface area contributed by atoms with Crippen LogP contribution in [0.2, 0.25) is 0 Å². The average Bonchev–Trinajstić information content (AvgIpc) is 3.16. The van der Waals surface area contributed by atoms with Gasteiger partial charge >= 0.3 is 0 Å². The molecule has 1 atom stereocenters. The van der Waals surface area contributed by atoms with Crippen LogP contribution in [0.3, 0.4) is 0 Å². The summed E-state index contributed by atoms with van der Waals surface area (Å²) in [5.74, 6) is 0.130. The molecule has 1 aliphatic heterocycles. The van der Waals surface area contributed by atoms with Gasteiger partial charge < -0.3 is 9.80 Å². The average molecular weight is 343 g/mol. The van der Waals surface area contributed by atoms with E-state index in [0.717, 1.165) is 40.7 Å². The molecule has 128 valence electrons. The van der Waals surface area contributed by atoms with Crippen LogP contribution in [0.4, 0.5) is 0 Å². The Hall–Kier alpha value is -1.72. The highest BCUT2D eigenvalue weighted by molar-refractivity contribution is 7.17. The van der Waals surface area contributed by atoms with Gasteiger partial charge in [-0.25, -0.2) is 4.98 Å². The van der Waals surface area contributed by atoms with Crippen molar-refractivity contribution in [1.82, 2.24) is 14.8 Å². The number of nitrogens with zero attached hydrogens (tertiary/aromatic N) is 3. The number of aryl methyl sites for hydroxylation is 2. The van der Waals surface area contributed by atoms with E-state index in [1.165, 1.54) is 22.5 Å². The molecule has 0 spiro atoms. The highest BCUT2D eigenvalue weighted by atomic mass is 32.1. The highest BCUT2D eigenvalue weighted by Gasteiger charge is 2.30. The number of hydrogen-bond acceptors (Lipinski definition) is 4. The predicted octanol–water partition coefficient (Wildman–Crippen LogP) is 3.51. The summed E-state index contributed by atoms with van der Waals surface area (Å²) in [5.41, 5.74) is 4.46. The lowest BCUT2D eigenvalue weighted by Gasteiger charge is -2.20. The van der Waals surface area contributed by atoms with E-state index in [0.29, 0.717) is 6.04 Å². The summed E-state index contributed by atoms with van der Waals surface area (Å²) in [5, 5.41) is 0.945. The molecule has 1 unspecified atom stereocenters. The van der Waals surface area contributed by atoms with Gasteiger partial charge in [0.05, 0.1) is 5.69 Å². The third-order valence-electron chi connectivity index (χ3n) is 5.01. The quantitative estimate of drug-likeness (QED) is 0.856. The van der Waals surface area contributed by atoms with Gasteiger partial charge in [-0.2, -0.15) is 0 Å². The summed E-state index contributed by atoms with van der Waals surface area (Å²) >= 11 is 1.52. The minimum Gasteiger partial charge on any atom is -0.336 e. The summed E-state index contributed by atoms with van der Waals surface area (Å²) in [6, 6.07) is 6.71. The number of likely N-dealkylation sites (tertiary alicyclic amines) is 1. The van der Waals surface area contributed by atoms with Crippen LogP contribution in [0, 0.1) is 20.8 Å². The van der Waals surface area contributed by atoms with Crippen molar-refractivity contribution in [3.63, 3.8) is 0 Å². The molecular formula is C19H25N3OS. The number of likely N-dealkylation sites (N-methyl/N-ethyl adjacent to an activating group) is 1. The predicted molar refractivity (Wildman–Crippen MR) is 99.8 cm³/mol. The molecule has 1 fully saturated rings. The first-order chi connectivity index (χ1) is 11.4. The van der Waals surface area contributed by atoms with Gasteiger partial charge in [-0.15, -0.1) is 11.3 Å². The SMILES string of the molecule is Cc1cccc(-c2nc(C)c(C(=O)N3CCC(N(C)C)C3)s2)c1C. The third-order valence-corrected chi connectivity index (χ3v) is 6.19. The van der Waals surface area contributed by atoms with Crippen molar-refractivity contribution >= 4 is 17.2 Å². The standard InChI is InChI=1S/C19H25N3OS/c1-12-7-6-8-16(13(12)2)18-20-14(3)17(24-18)19(23)22-10-9-15(11-22)21(4)5/h6-8,15H,9-11H2,1-5H3. The monoisotopic (exact) mass is 343 g/mol. The summed E-state index contributed by atoms with van der Waals surface area (Å²) in [4.78, 5) is 22.6. The molecule has 1 saturated heterocycles. The van der Waals surface area contributed by atoms with E-state index in [4.69, 9.17) is 4.98 Å². The number of carbonyl (C=O) groups is 1. The Kier molecular flexibility index (Phi) is 4.74. The molecule has 0 saturated carbocycles. The topological polar surface area (TPSA) is 36.4 Å². The van der Waals surface area contributed by atoms with Gasteiger partial charge in [0.25, 0.3) is 5.91 Å². The Balaban J connectivity index is 1.87. The smallest absolute Gasteiger partial charge is 0.265 e. The number of benzene rings is 1. The van der Waals surface area contributed by atoms with Crippen LogP contribution in [-0.4, -0.2) is 53.9 Å². The lowest BCUT2D eigenvalue weighted by Crippen LogP contribution is -2.34. The Labute approximate surface area is 148 Å². The Morgan fingerprint density at radius 3 is 2.71 bits per heavy atom. The fourth-order valence-electron chi connectivity index (χ4n) is 3.18. The van der Waals surface area contributed by atoms with Gasteiger partial charge in [-0.05, 0) is 52.4 Å². The number of carbonyl (C=O) groups excluding carboxylic acids is 1. The zero-order valence-corrected chi connectivity index (χ0v) is 15.9. The van der Waals surface area contributed by atoms with E-state index in [1.807, 2.05) is 11.8 Å². The van der Waals surface area contributed by atoms with Crippen LogP contribution in [0.1, 0.15) is 32.9 Å². The third kappa shape index (κ3) is 3.10. The largest absolute Gasteiger partial charge is 0.336 e. The number of thiazole rings is 1. The molecule has 0 aliphatic carbocycles. The van der Waals surface area contributed by atoms with E-state index >= 15 is 0 Å². The van der Waals surface area contributed by atoms with Crippen molar-refractivity contribution in [2.75, 3.05) is 27.2 Å². The highest BCUT2D eigenvalue weighted by Crippen LogP contribution is 2.32. The molecule has 0 bridgehead atoms. The fourth-order valence-corrected chi connectivity index (χ4v) is 4.30. The number of amides is 1. The van der Waals surface area contributed by atoms with Gasteiger partial charge in [-0.3, -0.25) is 4.79 Å². The molecule has 4 nitrogen and oxygen atoms in total. The molecule has 0 radical (unpaired) electrons. The Morgan fingerprint density at radius 2 is 2.04 bits per heavy atom. The molecular weight excluding hydrogens is 318 g/mol. The van der Waals surface area contributed by atoms with Crippen molar-refractivity contribution in [1.29, 1.82) is 0 Å². The van der Waals surface area contributed by atoms with Gasteiger partial charge in [-0.1, -0.05) is 18.2 Å². The molecule has 1 amide bonds. The van der Waals surface area contributed by atoms with Gasteiger partial charge in [0.1, 0.15) is 9.88 Å². The van der Waals surface area contributed by atoms with Crippen LogP contribution in [0.15, 0.2) is 18.2 Å². The Morgan fingerprint density at radius 1 is 1.29 bits per heavy atom. The van der Waals surface area contributed by atoms with Gasteiger partial charge in [0.15, 0.2) is 0 Å². The summed E-state index contributed by atoms with van der Waals surface area (Å²) < 4.78 is 0. The minimum absolute atomic E-state index is 0.130. The summed E-state index contributed by atoms with van der Waals surface area (Å²) in [7, 11) is 4.16. The van der Waals surface area contributed by atoms with Crippen LogP contribution in [0.5, 0.6) is 0 Å². The second-order valence-corrected chi connectivity index (χ2v) is 7.84. The van der Waals surface area contributed by atoms with Crippen LogP contribution >= 0.6 is 11.3 Å². The van der Waals surface area contributed by atoms with Crippen LogP contribution in [0.25, 0.3) is 10.6 Å². The summed E-state index contributed by atoms with van der Waals surface area (Å²) in [6.45, 7) is 7.81. The Bertz CT molecular complexity index is 766. The first-order valence-electron chi connectivity index (χ1n) is 8.38. The fraction of sp³-hybridized carbons (Fsp3) is 0.474. The zero-order valence-electron chi connectivity index (χ0n) is 15.1. The molecule has 0 N–H and O–H groups in total. The number of hydrogen-bond donors (Lipinski definition) is 0. The van der Waals surface area contributed by atoms with Crippen molar-refractivity contribution in [3.8, 4) is 10.6 Å². The lowest BCUT2D eigenvalue weighted by atomic mass is 10.0. The van der Waals surface area contributed by atoms with E-state index in [9.17, 15) is 4.79 Å². The van der Waals surface area contributed by atoms with Crippen molar-refractivity contribution in [2.45, 2.75) is 33.2 Å². The molecule has 2 heterocycles. The zero-order chi connectivity index (χ0) is 17.4. The molecule has 1 aliphatic rings. The van der Waals surface area contributed by atoms with Crippen LogP contribution in [-0.2, 0) is 0 Å². The molecule has 1 aromatic heterocycles. The molecule has 5 heteroatoms. The lowest BCUT2D eigenvalue weighted by molar-refractivity contribution is 0.0787. The van der Waals surface area contributed by atoms with Crippen molar-refractivity contribution in [3.05, 3.63) is 39.9 Å². The van der Waals surface area contributed by atoms with Crippen molar-refractivity contribution in [2.24, 2.45) is 0 Å². The molecule has 1 aromatic carbocycles. The molecule has 2 aromatic rings. The van der Waals surface area contributed by atoms with Crippen molar-refractivity contribution < 1.29 is 4.79 Å². The summed E-state index contributed by atoms with van der Waals surface area (Å²) in [6.07, 6.45) is 1.04. The maximum absolute atomic E-state index is 12.9. The molecule has 24 heavy (non-hydrogen) atoms. The number of aromatic nitrogens is 1. The first-order valence-corrected chi connectivity index (χ1v) is 9.20. The van der Waals surface area contributed by atoms with E-state index < -0.39 is 0 Å². The first kappa shape index (κ1) is 17.1. The van der Waals surface area contributed by atoms with Gasteiger partial charge in [0.2, 0.25) is 0 Å².